The number of benzene rings is 4. The van der Waals surface area contributed by atoms with Crippen LogP contribution in [0.15, 0.2) is 118 Å². The van der Waals surface area contributed by atoms with Crippen molar-refractivity contribution >= 4 is 141 Å². The molecule has 0 radical (unpaired) electrons. The van der Waals surface area contributed by atoms with Gasteiger partial charge in [0, 0.05) is 31.8 Å². The molecule has 1 atom stereocenters. The maximum absolute atomic E-state index is 10.1. The number of anilines is 2. The molecular formula is C56H63BrI4N12Na2O5. The Morgan fingerprint density at radius 2 is 1.16 bits per heavy atom. The zero-order valence-corrected chi connectivity index (χ0v) is 60.1. The zero-order valence-electron chi connectivity index (χ0n) is 45.9. The Kier molecular flexibility index (Phi) is 45.0. The van der Waals surface area contributed by atoms with Crippen LogP contribution in [0.1, 0.15) is 122 Å². The summed E-state index contributed by atoms with van der Waals surface area (Å²) in [6.45, 7) is 14.8. The second-order valence-corrected chi connectivity index (χ2v) is 24.1. The number of nitrogen functional groups attached to an aromatic ring is 2. The first-order valence-corrected chi connectivity index (χ1v) is 30.0. The predicted octanol–water partition coefficient (Wildman–Crippen LogP) is 9.66. The van der Waals surface area contributed by atoms with Gasteiger partial charge in [-0.05, 0) is 232 Å². The largest absolute Gasteiger partial charge is 1.00 e. The molecule has 0 saturated heterocycles. The van der Waals surface area contributed by atoms with Crippen LogP contribution < -0.4 is 75.7 Å². The average Bonchev–Trinajstić information content (AvgIpc) is 4.29. The van der Waals surface area contributed by atoms with E-state index in [9.17, 15) is 10.4 Å². The van der Waals surface area contributed by atoms with Gasteiger partial charge in [0.1, 0.15) is 17.5 Å². The zero-order chi connectivity index (χ0) is 58.5. The summed E-state index contributed by atoms with van der Waals surface area (Å²) in [5, 5.41) is 58.8. The Balaban J connectivity index is 0. The van der Waals surface area contributed by atoms with E-state index in [0.29, 0.717) is 41.1 Å². The fraction of sp³-hybridized carbons (Fsp3) is 0.411. The standard InChI is InChI=1S/C15H15IN4.C14H16IN3.C14H15IN2.C6H6IN.C4H9O.C2H2BrN.CO2.HNO2.2Na/c1-18-15-13(17)14(10-4-2-3-5-10)19-20(15)12-8-6-11(16)7-9-12;1-14(10-16,11-4-2-3-5-11)18-17-13-8-6-12(15)7-9-13;15-13-7-5-11(6-8-13)10-17-14(9-16)12-3-1-2-4-12;7-5-1-3-6(8)4-2-5;1-4(2,3)5;3-1-2-4;2*2-1-3;;/h6-10H,2-5,17H2;6-9,11H,2-5H2,1H3;5-8,12H,1-4,10H2;1-4H,8H2;1-3H3;1H2;;(H,2,3);;/q;;;;-1;;;;2*+1/p-1. The summed E-state index contributed by atoms with van der Waals surface area (Å²) in [5.41, 5.74) is 16.1. The van der Waals surface area contributed by atoms with Crippen LogP contribution in [0.3, 0.4) is 0 Å². The monoisotopic (exact) mass is 1620 g/mol. The minimum absolute atomic E-state index is 0. The van der Waals surface area contributed by atoms with Crippen molar-refractivity contribution in [3.8, 4) is 23.9 Å². The summed E-state index contributed by atoms with van der Waals surface area (Å²) in [6, 6.07) is 38.3. The molecule has 8 rings (SSSR count). The second kappa shape index (κ2) is 45.5. The van der Waals surface area contributed by atoms with E-state index in [2.05, 4.69) is 168 Å². The Morgan fingerprint density at radius 1 is 0.762 bits per heavy atom. The van der Waals surface area contributed by atoms with Crippen molar-refractivity contribution in [2.45, 2.75) is 128 Å². The predicted molar refractivity (Wildman–Crippen MR) is 343 cm³/mol. The number of azo groups is 1. The first-order chi connectivity index (χ1) is 37.2. The summed E-state index contributed by atoms with van der Waals surface area (Å²) < 4.78 is 6.46. The van der Waals surface area contributed by atoms with Gasteiger partial charge >= 0.3 is 65.3 Å². The van der Waals surface area contributed by atoms with Crippen molar-refractivity contribution in [2.24, 2.45) is 32.4 Å². The van der Waals surface area contributed by atoms with Crippen LogP contribution in [-0.4, -0.2) is 38.1 Å². The molecule has 3 aliphatic carbocycles. The quantitative estimate of drug-likeness (QED) is 0.0170. The number of carbonyl (C=O) groups excluding carboxylic acids is 2. The SMILES string of the molecule is CC(C#N)(N=Nc1ccc(I)cc1)C1CCCC1.CC(C)(C)[O-].N#CC(=NCc1ccc(I)cc1)C1CCCC1.N#CCBr.Nc1ccc(I)cc1.O=C=O.O=N[O-].[C-]#[N+]c1c(N)c(C2CCCC2)nn1-c1ccc(I)cc1.[Na+].[Na+]. The van der Waals surface area contributed by atoms with Gasteiger partial charge in [0.15, 0.2) is 5.54 Å². The van der Waals surface area contributed by atoms with Crippen LogP contribution in [-0.2, 0) is 16.1 Å². The molecule has 0 aliphatic heterocycles. The molecule has 3 fully saturated rings. The van der Waals surface area contributed by atoms with E-state index in [1.165, 1.54) is 54.8 Å². The molecule has 0 bridgehead atoms. The van der Waals surface area contributed by atoms with E-state index in [-0.39, 0.29) is 65.3 Å². The number of alkyl halides is 1. The average molecular weight is 1620 g/mol. The Bertz CT molecular complexity index is 2780. The van der Waals surface area contributed by atoms with Crippen LogP contribution in [0.5, 0.6) is 0 Å². The topological polar surface area (TPSA) is 292 Å². The molecule has 0 amide bonds. The van der Waals surface area contributed by atoms with Crippen LogP contribution in [0, 0.1) is 76.8 Å². The minimum atomic E-state index is -0.750. The van der Waals surface area contributed by atoms with Gasteiger partial charge in [-0.1, -0.05) is 99.0 Å². The van der Waals surface area contributed by atoms with Crippen LogP contribution in [0.2, 0.25) is 0 Å². The van der Waals surface area contributed by atoms with Gasteiger partial charge in [0.25, 0.3) is 5.82 Å². The van der Waals surface area contributed by atoms with Gasteiger partial charge < -0.3 is 31.5 Å². The van der Waals surface area contributed by atoms with E-state index in [1.807, 2.05) is 85.8 Å². The molecule has 17 nitrogen and oxygen atoms in total. The molecule has 0 spiro atoms. The first-order valence-electron chi connectivity index (χ1n) is 24.6. The molecule has 3 aliphatic rings. The number of aromatic nitrogens is 2. The summed E-state index contributed by atoms with van der Waals surface area (Å²) in [6.07, 6.45) is 14.3. The van der Waals surface area contributed by atoms with Gasteiger partial charge in [-0.2, -0.15) is 40.3 Å². The summed E-state index contributed by atoms with van der Waals surface area (Å²) >= 11 is 11.9. The number of nitrogens with zero attached hydrogens (tertiary/aromatic N) is 10. The molecule has 5 aromatic rings. The number of hydrogen-bond acceptors (Lipinski definition) is 15. The molecule has 414 valence electrons. The van der Waals surface area contributed by atoms with Crippen molar-refractivity contribution in [1.29, 1.82) is 15.8 Å². The normalized spacial score (nSPS) is 14.1. The summed E-state index contributed by atoms with van der Waals surface area (Å²) in [4.78, 5) is 32.3. The number of rotatable bonds is 8. The van der Waals surface area contributed by atoms with Gasteiger partial charge in [0.05, 0.1) is 41.1 Å². The number of nitrogens with two attached hydrogens (primary N) is 2. The number of halogens is 5. The van der Waals surface area contributed by atoms with E-state index in [4.69, 9.17) is 48.3 Å². The first kappa shape index (κ1) is 79.1. The Morgan fingerprint density at radius 3 is 1.56 bits per heavy atom. The smallest absolute Gasteiger partial charge is 0.850 e. The van der Waals surface area contributed by atoms with E-state index in [0.717, 1.165) is 75.9 Å². The van der Waals surface area contributed by atoms with E-state index < -0.39 is 11.1 Å². The molecular weight excluding hydrogens is 1550 g/mol. The van der Waals surface area contributed by atoms with Gasteiger partial charge in [-0.3, -0.25) is 4.99 Å². The summed E-state index contributed by atoms with van der Waals surface area (Å²) in [7, 11) is 0. The molecule has 80 heavy (non-hydrogen) atoms. The van der Waals surface area contributed by atoms with Crippen LogP contribution in [0.4, 0.5) is 22.9 Å². The van der Waals surface area contributed by atoms with E-state index >= 15 is 0 Å². The van der Waals surface area contributed by atoms with Gasteiger partial charge in [-0.25, -0.2) is 0 Å². The Hall–Kier alpha value is -2.94. The third-order valence-electron chi connectivity index (χ3n) is 11.6. The van der Waals surface area contributed by atoms with Gasteiger partial charge in [-0.15, -0.1) is 10.9 Å². The third-order valence-corrected chi connectivity index (χ3v) is 14.7. The maximum atomic E-state index is 10.1. The molecule has 4 N–H and O–H groups in total. The van der Waals surface area contributed by atoms with Crippen molar-refractivity contribution in [3.63, 3.8) is 0 Å². The minimum Gasteiger partial charge on any atom is -0.850 e. The van der Waals surface area contributed by atoms with Crippen molar-refractivity contribution in [1.82, 2.24) is 9.78 Å². The number of nitriles is 3. The fourth-order valence-electron chi connectivity index (χ4n) is 7.84. The Labute approximate surface area is 578 Å². The fourth-order valence-corrected chi connectivity index (χ4v) is 9.28. The van der Waals surface area contributed by atoms with Crippen LogP contribution >= 0.6 is 106 Å². The molecule has 1 unspecified atom stereocenters. The van der Waals surface area contributed by atoms with Crippen molar-refractivity contribution in [3.05, 3.63) is 144 Å². The van der Waals surface area contributed by atoms with Crippen molar-refractivity contribution < 1.29 is 73.8 Å². The van der Waals surface area contributed by atoms with E-state index in [1.54, 1.807) is 25.5 Å². The third kappa shape index (κ3) is 33.4. The molecule has 1 heterocycles. The van der Waals surface area contributed by atoms with Crippen molar-refractivity contribution in [2.75, 3.05) is 16.8 Å². The number of hydrogen-bond donors (Lipinski definition) is 2. The molecule has 3 saturated carbocycles. The molecule has 1 aromatic heterocycles. The molecule has 24 heteroatoms. The summed E-state index contributed by atoms with van der Waals surface area (Å²) in [5.74, 6) is 1.63. The van der Waals surface area contributed by atoms with Gasteiger partial charge in [0.2, 0.25) is 0 Å². The number of aliphatic imine (C=N–C) groups is 1. The molecule has 4 aromatic carbocycles. The maximum Gasteiger partial charge on any atom is 1.00 e. The van der Waals surface area contributed by atoms with Crippen LogP contribution in [0.25, 0.3) is 10.5 Å². The second-order valence-electron chi connectivity index (χ2n) is 18.6.